The van der Waals surface area contributed by atoms with Crippen LogP contribution in [0.3, 0.4) is 0 Å². The number of carbonyl (C=O) groups is 2. The zero-order chi connectivity index (χ0) is 18.6. The number of nitrogens with zero attached hydrogens (tertiary/aromatic N) is 1. The highest BCUT2D eigenvalue weighted by molar-refractivity contribution is 6.32. The molecule has 0 aliphatic heterocycles. The third-order valence-corrected chi connectivity index (χ3v) is 4.00. The lowest BCUT2D eigenvalue weighted by Gasteiger charge is -2.09. The zero-order valence-corrected chi connectivity index (χ0v) is 15.4. The van der Waals surface area contributed by atoms with Gasteiger partial charge < -0.3 is 9.47 Å². The second kappa shape index (κ2) is 8.12. The fourth-order valence-electron chi connectivity index (χ4n) is 2.31. The first-order valence-corrected chi connectivity index (χ1v) is 8.38. The number of hydrogen-bond donors (Lipinski definition) is 0. The highest BCUT2D eigenvalue weighted by Crippen LogP contribution is 2.25. The zero-order valence-electron chi connectivity index (χ0n) is 14.7. The average molecular weight is 362 g/mol. The molecule has 0 amide bonds. The predicted molar refractivity (Wildman–Crippen MR) is 97.5 cm³/mol. The predicted octanol–water partition coefficient (Wildman–Crippen LogP) is 4.01. The minimum Gasteiger partial charge on any atom is -0.462 e. The topological polar surface area (TPSA) is 65.5 Å². The van der Waals surface area contributed by atoms with Crippen molar-refractivity contribution in [3.05, 3.63) is 45.6 Å². The van der Waals surface area contributed by atoms with Crippen molar-refractivity contribution in [1.29, 1.82) is 0 Å². The minimum absolute atomic E-state index is 0.151. The van der Waals surface area contributed by atoms with E-state index in [9.17, 15) is 9.59 Å². The van der Waals surface area contributed by atoms with Crippen molar-refractivity contribution in [3.63, 3.8) is 0 Å². The molecule has 0 aliphatic carbocycles. The Morgan fingerprint density at radius 3 is 2.16 bits per heavy atom. The van der Waals surface area contributed by atoms with Crippen LogP contribution < -0.4 is 0 Å². The van der Waals surface area contributed by atoms with Gasteiger partial charge in [-0.05, 0) is 63.1 Å². The van der Waals surface area contributed by atoms with Crippen LogP contribution in [-0.2, 0) is 19.1 Å². The molecule has 0 saturated heterocycles. The van der Waals surface area contributed by atoms with Crippen LogP contribution in [0.4, 0.5) is 0 Å². The molecule has 0 atom stereocenters. The van der Waals surface area contributed by atoms with Gasteiger partial charge in [0.2, 0.25) is 0 Å². The van der Waals surface area contributed by atoms with Crippen molar-refractivity contribution < 1.29 is 19.1 Å². The van der Waals surface area contributed by atoms with Gasteiger partial charge in [0.15, 0.2) is 0 Å². The summed E-state index contributed by atoms with van der Waals surface area (Å²) in [5.74, 6) is -1.51. The van der Waals surface area contributed by atoms with Gasteiger partial charge in [-0.25, -0.2) is 14.6 Å². The van der Waals surface area contributed by atoms with Gasteiger partial charge in [0, 0.05) is 10.9 Å². The number of ether oxygens (including phenoxy) is 2. The minimum atomic E-state index is -0.753. The van der Waals surface area contributed by atoms with Crippen LogP contribution in [-0.4, -0.2) is 30.1 Å². The van der Waals surface area contributed by atoms with E-state index in [0.29, 0.717) is 5.56 Å². The molecule has 0 unspecified atom stereocenters. The van der Waals surface area contributed by atoms with E-state index >= 15 is 0 Å². The SMILES string of the molecule is CCOC(=O)C(=Cc1cc2cc(C)c(C)cc2nc1Cl)C(=O)OCC. The summed E-state index contributed by atoms with van der Waals surface area (Å²) in [5, 5.41) is 1.06. The van der Waals surface area contributed by atoms with E-state index in [1.165, 1.54) is 6.08 Å². The molecule has 1 aromatic heterocycles. The summed E-state index contributed by atoms with van der Waals surface area (Å²) in [4.78, 5) is 28.5. The van der Waals surface area contributed by atoms with Gasteiger partial charge in [-0.3, -0.25) is 0 Å². The second-order valence-corrected chi connectivity index (χ2v) is 5.85. The first kappa shape index (κ1) is 18.9. The Labute approximate surface area is 151 Å². The monoisotopic (exact) mass is 361 g/mol. The molecule has 2 rings (SSSR count). The van der Waals surface area contributed by atoms with Gasteiger partial charge in [0.1, 0.15) is 10.7 Å². The first-order chi connectivity index (χ1) is 11.9. The molecule has 0 N–H and O–H groups in total. The Morgan fingerprint density at radius 2 is 1.60 bits per heavy atom. The summed E-state index contributed by atoms with van der Waals surface area (Å²) >= 11 is 6.24. The van der Waals surface area contributed by atoms with E-state index in [2.05, 4.69) is 4.98 Å². The highest BCUT2D eigenvalue weighted by atomic mass is 35.5. The molecule has 2 aromatic rings. The molecular weight excluding hydrogens is 342 g/mol. The quantitative estimate of drug-likeness (QED) is 0.264. The maximum atomic E-state index is 12.1. The van der Waals surface area contributed by atoms with E-state index in [0.717, 1.165) is 22.0 Å². The molecule has 0 aliphatic rings. The molecule has 25 heavy (non-hydrogen) atoms. The number of rotatable bonds is 5. The van der Waals surface area contributed by atoms with Crippen LogP contribution in [0.1, 0.15) is 30.5 Å². The first-order valence-electron chi connectivity index (χ1n) is 8.00. The maximum absolute atomic E-state index is 12.1. The molecular formula is C19H20ClNO4. The molecule has 1 aromatic carbocycles. The Kier molecular flexibility index (Phi) is 6.15. The summed E-state index contributed by atoms with van der Waals surface area (Å²) in [7, 11) is 0. The summed E-state index contributed by atoms with van der Waals surface area (Å²) in [6.07, 6.45) is 1.36. The van der Waals surface area contributed by atoms with E-state index < -0.39 is 11.9 Å². The fraction of sp³-hybridized carbons (Fsp3) is 0.316. The van der Waals surface area contributed by atoms with Crippen LogP contribution in [0.25, 0.3) is 17.0 Å². The molecule has 5 nitrogen and oxygen atoms in total. The van der Waals surface area contributed by atoms with E-state index in [1.807, 2.05) is 26.0 Å². The molecule has 0 radical (unpaired) electrons. The van der Waals surface area contributed by atoms with Crippen molar-refractivity contribution in [2.75, 3.05) is 13.2 Å². The number of hydrogen-bond acceptors (Lipinski definition) is 5. The number of benzene rings is 1. The number of aryl methyl sites for hydroxylation is 2. The molecule has 0 bridgehead atoms. The standard InChI is InChI=1S/C19H20ClNO4/c1-5-24-18(22)15(19(23)25-6-2)10-14-9-13-7-11(3)12(4)8-16(13)21-17(14)20/h7-10H,5-6H2,1-4H3. The summed E-state index contributed by atoms with van der Waals surface area (Å²) in [6.45, 7) is 7.63. The van der Waals surface area contributed by atoms with Crippen LogP contribution >= 0.6 is 11.6 Å². The number of esters is 2. The van der Waals surface area contributed by atoms with Crippen molar-refractivity contribution in [2.45, 2.75) is 27.7 Å². The van der Waals surface area contributed by atoms with Crippen LogP contribution in [0, 0.1) is 13.8 Å². The number of aromatic nitrogens is 1. The van der Waals surface area contributed by atoms with Crippen molar-refractivity contribution >= 4 is 40.5 Å². The molecule has 6 heteroatoms. The Hall–Kier alpha value is -2.40. The highest BCUT2D eigenvalue weighted by Gasteiger charge is 2.22. The summed E-state index contributed by atoms with van der Waals surface area (Å²) in [6, 6.07) is 5.72. The Morgan fingerprint density at radius 1 is 1.04 bits per heavy atom. The van der Waals surface area contributed by atoms with Gasteiger partial charge >= 0.3 is 11.9 Å². The lowest BCUT2D eigenvalue weighted by molar-refractivity contribution is -0.146. The van der Waals surface area contributed by atoms with Crippen LogP contribution in [0.15, 0.2) is 23.8 Å². The summed E-state index contributed by atoms with van der Waals surface area (Å²) < 4.78 is 9.87. The lowest BCUT2D eigenvalue weighted by atomic mass is 10.0. The number of halogens is 1. The molecule has 1 heterocycles. The van der Waals surface area contributed by atoms with Gasteiger partial charge in [-0.15, -0.1) is 0 Å². The molecule has 132 valence electrons. The molecule has 0 spiro atoms. The number of pyridine rings is 1. The van der Waals surface area contributed by atoms with Crippen molar-refractivity contribution in [3.8, 4) is 0 Å². The Balaban J connectivity index is 2.57. The van der Waals surface area contributed by atoms with Gasteiger partial charge in [-0.2, -0.15) is 0 Å². The average Bonchev–Trinajstić information content (AvgIpc) is 2.55. The Bertz CT molecular complexity index is 838. The normalized spacial score (nSPS) is 10.4. The lowest BCUT2D eigenvalue weighted by Crippen LogP contribution is -2.18. The van der Waals surface area contributed by atoms with Crippen LogP contribution in [0.5, 0.6) is 0 Å². The fourth-order valence-corrected chi connectivity index (χ4v) is 2.51. The van der Waals surface area contributed by atoms with Gasteiger partial charge in [-0.1, -0.05) is 11.6 Å². The third kappa shape index (κ3) is 4.37. The van der Waals surface area contributed by atoms with Crippen LogP contribution in [0.2, 0.25) is 5.15 Å². The smallest absolute Gasteiger partial charge is 0.345 e. The van der Waals surface area contributed by atoms with Gasteiger partial charge in [0.05, 0.1) is 18.7 Å². The number of fused-ring (bicyclic) bond motifs is 1. The molecule has 0 fully saturated rings. The van der Waals surface area contributed by atoms with Crippen molar-refractivity contribution in [2.24, 2.45) is 0 Å². The largest absolute Gasteiger partial charge is 0.462 e. The van der Waals surface area contributed by atoms with E-state index in [1.54, 1.807) is 19.9 Å². The number of carbonyl (C=O) groups excluding carboxylic acids is 2. The van der Waals surface area contributed by atoms with Gasteiger partial charge in [0.25, 0.3) is 0 Å². The van der Waals surface area contributed by atoms with E-state index in [4.69, 9.17) is 21.1 Å². The molecule has 0 saturated carbocycles. The van der Waals surface area contributed by atoms with Crippen molar-refractivity contribution in [1.82, 2.24) is 4.98 Å². The van der Waals surface area contributed by atoms with E-state index in [-0.39, 0.29) is 23.9 Å². The maximum Gasteiger partial charge on any atom is 0.345 e. The summed E-state index contributed by atoms with van der Waals surface area (Å²) in [5.41, 5.74) is 3.21. The third-order valence-electron chi connectivity index (χ3n) is 3.70. The second-order valence-electron chi connectivity index (χ2n) is 5.50.